The number of rotatable bonds is 1. The fourth-order valence-corrected chi connectivity index (χ4v) is 0.855. The molecule has 0 spiro atoms. The summed E-state index contributed by atoms with van der Waals surface area (Å²) in [4.78, 5) is 10.7. The van der Waals surface area contributed by atoms with Crippen molar-refractivity contribution in [2.24, 2.45) is 0 Å². The van der Waals surface area contributed by atoms with Gasteiger partial charge in [0.2, 0.25) is 0 Å². The van der Waals surface area contributed by atoms with Crippen LogP contribution in [0.3, 0.4) is 0 Å². The van der Waals surface area contributed by atoms with Gasteiger partial charge in [-0.1, -0.05) is 0 Å². The van der Waals surface area contributed by atoms with Crippen LogP contribution in [-0.4, -0.2) is 13.3 Å². The Morgan fingerprint density at radius 2 is 2.29 bits per heavy atom. The number of benzene rings is 1. The van der Waals surface area contributed by atoms with E-state index in [2.05, 4.69) is 4.74 Å². The molecule has 5 heteroatoms. The zero-order valence-electron chi connectivity index (χ0n) is 7.48. The van der Waals surface area contributed by atoms with Gasteiger partial charge in [0.05, 0.1) is 12.7 Å². The van der Waals surface area contributed by atoms with E-state index in [0.29, 0.717) is 5.69 Å². The predicted molar refractivity (Wildman–Crippen MR) is 48.6 cm³/mol. The van der Waals surface area contributed by atoms with Gasteiger partial charge in [0.1, 0.15) is 6.07 Å². The molecule has 0 aliphatic carbocycles. The van der Waals surface area contributed by atoms with E-state index in [1.807, 2.05) is 6.07 Å². The van der Waals surface area contributed by atoms with E-state index in [1.165, 1.54) is 25.3 Å². The lowest BCUT2D eigenvalue weighted by Gasteiger charge is -2.04. The minimum Gasteiger partial charge on any atom is -0.437 e. The van der Waals surface area contributed by atoms with Gasteiger partial charge in [-0.05, 0) is 18.2 Å². The third-order valence-corrected chi connectivity index (χ3v) is 1.48. The Hall–Kier alpha value is -2.22. The molecular formula is C9H8N2O3. The molecule has 1 rings (SSSR count). The first-order chi connectivity index (χ1) is 6.67. The molecule has 0 unspecified atom stereocenters. The highest BCUT2D eigenvalue weighted by atomic mass is 16.7. The maximum absolute atomic E-state index is 10.7. The van der Waals surface area contributed by atoms with Crippen molar-refractivity contribution in [3.63, 3.8) is 0 Å². The molecule has 0 fully saturated rings. The summed E-state index contributed by atoms with van der Waals surface area (Å²) in [5.41, 5.74) is 6.06. The summed E-state index contributed by atoms with van der Waals surface area (Å²) >= 11 is 0. The number of nitrogens with two attached hydrogens (primary N) is 1. The molecule has 0 bridgehead atoms. The van der Waals surface area contributed by atoms with Crippen LogP contribution in [0.2, 0.25) is 0 Å². The summed E-state index contributed by atoms with van der Waals surface area (Å²) in [5, 5.41) is 8.69. The molecule has 0 amide bonds. The lowest BCUT2D eigenvalue weighted by molar-refractivity contribution is 0.121. The van der Waals surface area contributed by atoms with Crippen LogP contribution in [0.15, 0.2) is 18.2 Å². The Balaban J connectivity index is 2.98. The first-order valence-electron chi connectivity index (χ1n) is 3.73. The number of anilines is 1. The SMILES string of the molecule is COC(=O)Oc1ccc(N)cc1C#N. The molecule has 0 heterocycles. The third kappa shape index (κ3) is 2.14. The van der Waals surface area contributed by atoms with Crippen molar-refractivity contribution in [3.8, 4) is 11.8 Å². The van der Waals surface area contributed by atoms with Gasteiger partial charge in [-0.25, -0.2) is 4.79 Å². The normalized spacial score (nSPS) is 8.86. The molecule has 2 N–H and O–H groups in total. The molecule has 1 aromatic carbocycles. The smallest absolute Gasteiger partial charge is 0.437 e. The van der Waals surface area contributed by atoms with E-state index < -0.39 is 6.16 Å². The number of hydrogen-bond donors (Lipinski definition) is 1. The number of methoxy groups -OCH3 is 1. The monoisotopic (exact) mass is 192 g/mol. The summed E-state index contributed by atoms with van der Waals surface area (Å²) < 4.78 is 8.98. The van der Waals surface area contributed by atoms with Crippen LogP contribution in [0.1, 0.15) is 5.56 Å². The van der Waals surface area contributed by atoms with Crippen LogP contribution in [-0.2, 0) is 4.74 Å². The minimum atomic E-state index is -0.869. The van der Waals surface area contributed by atoms with Gasteiger partial charge in [0.15, 0.2) is 5.75 Å². The van der Waals surface area contributed by atoms with Crippen LogP contribution >= 0.6 is 0 Å². The van der Waals surface area contributed by atoms with Gasteiger partial charge in [-0.2, -0.15) is 5.26 Å². The van der Waals surface area contributed by atoms with Gasteiger partial charge in [0, 0.05) is 5.69 Å². The molecule has 0 aliphatic rings. The number of nitrogen functional groups attached to an aromatic ring is 1. The topological polar surface area (TPSA) is 85.3 Å². The number of nitrogens with zero attached hydrogens (tertiary/aromatic N) is 1. The Labute approximate surface area is 80.6 Å². The predicted octanol–water partition coefficient (Wildman–Crippen LogP) is 1.29. The number of carbonyl (C=O) groups excluding carboxylic acids is 1. The van der Waals surface area contributed by atoms with Gasteiger partial charge in [-0.3, -0.25) is 0 Å². The van der Waals surface area contributed by atoms with Crippen LogP contribution in [0.5, 0.6) is 5.75 Å². The maximum Gasteiger partial charge on any atom is 0.513 e. The second kappa shape index (κ2) is 4.14. The van der Waals surface area contributed by atoms with E-state index in [9.17, 15) is 4.79 Å². The molecule has 0 aliphatic heterocycles. The standard InChI is InChI=1S/C9H8N2O3/c1-13-9(12)14-8-3-2-7(11)4-6(8)5-10/h2-4H,11H2,1H3. The quantitative estimate of drug-likeness (QED) is 0.411. The second-order valence-corrected chi connectivity index (χ2v) is 2.42. The first-order valence-corrected chi connectivity index (χ1v) is 3.73. The van der Waals surface area contributed by atoms with Gasteiger partial charge < -0.3 is 15.2 Å². The van der Waals surface area contributed by atoms with Crippen molar-refractivity contribution in [2.75, 3.05) is 12.8 Å². The molecule has 72 valence electrons. The van der Waals surface area contributed by atoms with E-state index in [4.69, 9.17) is 15.7 Å². The summed E-state index contributed by atoms with van der Waals surface area (Å²) in [6.07, 6.45) is -0.869. The number of hydrogen-bond acceptors (Lipinski definition) is 5. The second-order valence-electron chi connectivity index (χ2n) is 2.42. The summed E-state index contributed by atoms with van der Waals surface area (Å²) in [6, 6.07) is 6.23. The fourth-order valence-electron chi connectivity index (χ4n) is 0.855. The van der Waals surface area contributed by atoms with Crippen LogP contribution in [0.25, 0.3) is 0 Å². The molecule has 0 saturated heterocycles. The number of ether oxygens (including phenoxy) is 2. The van der Waals surface area contributed by atoms with Gasteiger partial charge >= 0.3 is 6.16 Å². The van der Waals surface area contributed by atoms with E-state index >= 15 is 0 Å². The number of carbonyl (C=O) groups is 1. The van der Waals surface area contributed by atoms with Crippen molar-refractivity contribution in [2.45, 2.75) is 0 Å². The molecular weight excluding hydrogens is 184 g/mol. The van der Waals surface area contributed by atoms with E-state index in [0.717, 1.165) is 0 Å². The summed E-state index contributed by atoms with van der Waals surface area (Å²) in [5.74, 6) is 0.133. The first kappa shape index (κ1) is 9.86. The lowest BCUT2D eigenvalue weighted by Crippen LogP contribution is -2.08. The molecule has 0 aromatic heterocycles. The molecule has 1 aromatic rings. The van der Waals surface area contributed by atoms with Crippen LogP contribution < -0.4 is 10.5 Å². The average molecular weight is 192 g/mol. The van der Waals surface area contributed by atoms with Gasteiger partial charge in [-0.15, -0.1) is 0 Å². The largest absolute Gasteiger partial charge is 0.513 e. The highest BCUT2D eigenvalue weighted by molar-refractivity contribution is 5.66. The highest BCUT2D eigenvalue weighted by Crippen LogP contribution is 2.20. The Morgan fingerprint density at radius 1 is 1.57 bits per heavy atom. The molecule has 0 radical (unpaired) electrons. The van der Waals surface area contributed by atoms with Crippen molar-refractivity contribution in [1.29, 1.82) is 5.26 Å². The molecule has 14 heavy (non-hydrogen) atoms. The van der Waals surface area contributed by atoms with E-state index in [1.54, 1.807) is 0 Å². The third-order valence-electron chi connectivity index (χ3n) is 1.48. The highest BCUT2D eigenvalue weighted by Gasteiger charge is 2.08. The van der Waals surface area contributed by atoms with Crippen LogP contribution in [0.4, 0.5) is 10.5 Å². The van der Waals surface area contributed by atoms with Gasteiger partial charge in [0.25, 0.3) is 0 Å². The minimum absolute atomic E-state index is 0.133. The number of nitriles is 1. The van der Waals surface area contributed by atoms with Crippen molar-refractivity contribution in [3.05, 3.63) is 23.8 Å². The Morgan fingerprint density at radius 3 is 2.86 bits per heavy atom. The van der Waals surface area contributed by atoms with Crippen molar-refractivity contribution >= 4 is 11.8 Å². The van der Waals surface area contributed by atoms with E-state index in [-0.39, 0.29) is 11.3 Å². The summed E-state index contributed by atoms with van der Waals surface area (Å²) in [7, 11) is 1.19. The van der Waals surface area contributed by atoms with Crippen molar-refractivity contribution < 1.29 is 14.3 Å². The zero-order chi connectivity index (χ0) is 10.6. The van der Waals surface area contributed by atoms with Crippen molar-refractivity contribution in [1.82, 2.24) is 0 Å². The average Bonchev–Trinajstić information content (AvgIpc) is 2.20. The lowest BCUT2D eigenvalue weighted by atomic mass is 10.2. The summed E-state index contributed by atoms with van der Waals surface area (Å²) in [6.45, 7) is 0. The molecule has 5 nitrogen and oxygen atoms in total. The zero-order valence-corrected chi connectivity index (χ0v) is 7.48. The maximum atomic E-state index is 10.7. The molecule has 0 atom stereocenters. The Kier molecular flexibility index (Phi) is 2.92. The van der Waals surface area contributed by atoms with Crippen LogP contribution in [0, 0.1) is 11.3 Å². The fraction of sp³-hybridized carbons (Fsp3) is 0.111. The molecule has 0 saturated carbocycles. The Bertz CT molecular complexity index is 396.